The summed E-state index contributed by atoms with van der Waals surface area (Å²) in [5.74, 6) is -0.506. The van der Waals surface area contributed by atoms with Crippen molar-refractivity contribution in [3.63, 3.8) is 0 Å². The average Bonchev–Trinajstić information content (AvgIpc) is 2.83. The third-order valence-electron chi connectivity index (χ3n) is 5.56. The lowest BCUT2D eigenvalue weighted by atomic mass is 9.94. The zero-order valence-electron chi connectivity index (χ0n) is 19.8. The van der Waals surface area contributed by atoms with E-state index in [1.807, 2.05) is 37.4 Å². The number of carbonyl (C=O) groups is 3. The normalized spacial score (nSPS) is 15.6. The van der Waals surface area contributed by atoms with E-state index >= 15 is 0 Å². The van der Waals surface area contributed by atoms with Crippen LogP contribution in [0.1, 0.15) is 38.3 Å². The van der Waals surface area contributed by atoms with E-state index in [0.717, 1.165) is 17.7 Å². The van der Waals surface area contributed by atoms with Crippen LogP contribution in [0.5, 0.6) is 0 Å². The molecule has 0 bridgehead atoms. The molecule has 0 radical (unpaired) electrons. The first-order chi connectivity index (χ1) is 16.4. The van der Waals surface area contributed by atoms with Crippen molar-refractivity contribution in [2.45, 2.75) is 37.6 Å². The van der Waals surface area contributed by atoms with Gasteiger partial charge in [0.25, 0.3) is 0 Å². The van der Waals surface area contributed by atoms with Crippen molar-refractivity contribution in [3.05, 3.63) is 65.4 Å². The highest BCUT2D eigenvalue weighted by atomic mass is 32.2. The molecule has 3 rings (SSSR count). The van der Waals surface area contributed by atoms with Crippen molar-refractivity contribution in [2.24, 2.45) is 0 Å². The van der Waals surface area contributed by atoms with Crippen LogP contribution in [0.2, 0.25) is 0 Å². The van der Waals surface area contributed by atoms with Gasteiger partial charge in [-0.2, -0.15) is 0 Å². The number of hydrogen-bond donors (Lipinski definition) is 3. The number of carbonyl (C=O) groups excluding carboxylic acids is 3. The van der Waals surface area contributed by atoms with Crippen LogP contribution in [-0.2, 0) is 9.53 Å². The number of hydrogen-bond acceptors (Lipinski definition) is 5. The number of esters is 1. The molecular weight excluding hydrogens is 452 g/mol. The minimum absolute atomic E-state index is 0.270. The molecule has 1 aliphatic heterocycles. The SMILES string of the molecule is CCCCN1C(=O)NC(c2cccc(NC(=O)Nc3ccc(SC)cc3)c2)C(C(=O)OC)=C1C. The Morgan fingerprint density at radius 1 is 1.12 bits per heavy atom. The van der Waals surface area contributed by atoms with Crippen LogP contribution in [0.4, 0.5) is 21.0 Å². The molecule has 34 heavy (non-hydrogen) atoms. The molecule has 0 fully saturated rings. The van der Waals surface area contributed by atoms with E-state index in [9.17, 15) is 14.4 Å². The van der Waals surface area contributed by atoms with Gasteiger partial charge in [-0.15, -0.1) is 11.8 Å². The molecule has 1 aliphatic rings. The van der Waals surface area contributed by atoms with Crippen LogP contribution >= 0.6 is 11.8 Å². The molecule has 8 nitrogen and oxygen atoms in total. The molecule has 180 valence electrons. The van der Waals surface area contributed by atoms with E-state index in [1.165, 1.54) is 7.11 Å². The molecule has 0 aromatic heterocycles. The molecule has 0 spiro atoms. The quantitative estimate of drug-likeness (QED) is 0.347. The number of allylic oxidation sites excluding steroid dienone is 1. The Morgan fingerprint density at radius 3 is 2.47 bits per heavy atom. The minimum atomic E-state index is -0.693. The van der Waals surface area contributed by atoms with E-state index in [4.69, 9.17) is 4.74 Å². The maximum atomic E-state index is 12.8. The van der Waals surface area contributed by atoms with Crippen molar-refractivity contribution < 1.29 is 19.1 Å². The number of amides is 4. The molecule has 0 saturated heterocycles. The van der Waals surface area contributed by atoms with Gasteiger partial charge in [0, 0.05) is 28.5 Å². The minimum Gasteiger partial charge on any atom is -0.466 e. The average molecular weight is 483 g/mol. The highest BCUT2D eigenvalue weighted by Gasteiger charge is 2.36. The molecule has 1 heterocycles. The van der Waals surface area contributed by atoms with E-state index < -0.39 is 18.0 Å². The van der Waals surface area contributed by atoms with E-state index in [0.29, 0.717) is 34.8 Å². The lowest BCUT2D eigenvalue weighted by Crippen LogP contribution is -2.48. The highest BCUT2D eigenvalue weighted by Crippen LogP contribution is 2.32. The van der Waals surface area contributed by atoms with Crippen molar-refractivity contribution >= 4 is 41.2 Å². The molecule has 0 saturated carbocycles. The number of anilines is 2. The van der Waals surface area contributed by atoms with Crippen LogP contribution in [0.25, 0.3) is 0 Å². The van der Waals surface area contributed by atoms with Gasteiger partial charge in [-0.1, -0.05) is 25.5 Å². The van der Waals surface area contributed by atoms with E-state index in [2.05, 4.69) is 16.0 Å². The fourth-order valence-corrected chi connectivity index (χ4v) is 4.16. The van der Waals surface area contributed by atoms with Gasteiger partial charge in [-0.05, 0) is 61.6 Å². The summed E-state index contributed by atoms with van der Waals surface area (Å²) in [6.07, 6.45) is 3.73. The maximum Gasteiger partial charge on any atom is 0.337 e. The predicted molar refractivity (Wildman–Crippen MR) is 135 cm³/mol. The second-order valence-electron chi connectivity index (χ2n) is 7.81. The van der Waals surface area contributed by atoms with E-state index in [-0.39, 0.29) is 6.03 Å². The van der Waals surface area contributed by atoms with Gasteiger partial charge in [0.05, 0.1) is 18.7 Å². The number of thioether (sulfide) groups is 1. The number of ether oxygens (including phenoxy) is 1. The lowest BCUT2D eigenvalue weighted by molar-refractivity contribution is -0.136. The van der Waals surface area contributed by atoms with Crippen LogP contribution < -0.4 is 16.0 Å². The number of urea groups is 2. The summed E-state index contributed by atoms with van der Waals surface area (Å²) in [4.78, 5) is 40.6. The standard InChI is InChI=1S/C25H30N4O4S/c1-5-6-14-29-16(2)21(23(30)33-3)22(28-25(29)32)17-8-7-9-19(15-17)27-24(31)26-18-10-12-20(34-4)13-11-18/h7-13,15,22H,5-6,14H2,1-4H3,(H,28,32)(H2,26,27,31). The van der Waals surface area contributed by atoms with Gasteiger partial charge in [0.2, 0.25) is 0 Å². The molecule has 4 amide bonds. The molecule has 1 unspecified atom stereocenters. The predicted octanol–water partition coefficient (Wildman–Crippen LogP) is 5.37. The van der Waals surface area contributed by atoms with Crippen molar-refractivity contribution in [2.75, 3.05) is 30.5 Å². The third kappa shape index (κ3) is 5.91. The number of rotatable bonds is 8. The topological polar surface area (TPSA) is 99.8 Å². The Bertz CT molecular complexity index is 1080. The second-order valence-corrected chi connectivity index (χ2v) is 8.69. The second kappa shape index (κ2) is 11.6. The van der Waals surface area contributed by atoms with Crippen molar-refractivity contribution in [1.82, 2.24) is 10.2 Å². The molecule has 2 aromatic carbocycles. The van der Waals surface area contributed by atoms with Crippen LogP contribution in [-0.4, -0.2) is 42.8 Å². The number of nitrogens with zero attached hydrogens (tertiary/aromatic N) is 1. The Kier molecular flexibility index (Phi) is 8.59. The number of nitrogens with one attached hydrogen (secondary N) is 3. The summed E-state index contributed by atoms with van der Waals surface area (Å²) in [6, 6.07) is 13.2. The first kappa shape index (κ1) is 25.2. The lowest BCUT2D eigenvalue weighted by Gasteiger charge is -2.35. The Morgan fingerprint density at radius 2 is 1.82 bits per heavy atom. The van der Waals surface area contributed by atoms with Gasteiger partial charge in [0.1, 0.15) is 0 Å². The van der Waals surface area contributed by atoms with Gasteiger partial charge in [-0.25, -0.2) is 14.4 Å². The zero-order chi connectivity index (χ0) is 24.7. The van der Waals surface area contributed by atoms with Crippen LogP contribution in [0.3, 0.4) is 0 Å². The number of methoxy groups -OCH3 is 1. The number of unbranched alkanes of at least 4 members (excludes halogenated alkanes) is 1. The Balaban J connectivity index is 1.82. The summed E-state index contributed by atoms with van der Waals surface area (Å²) in [5.41, 5.74) is 2.79. The third-order valence-corrected chi connectivity index (χ3v) is 6.31. The van der Waals surface area contributed by atoms with Crippen molar-refractivity contribution in [1.29, 1.82) is 0 Å². The largest absolute Gasteiger partial charge is 0.466 e. The molecule has 2 aromatic rings. The molecule has 1 atom stereocenters. The molecule has 0 aliphatic carbocycles. The van der Waals surface area contributed by atoms with Gasteiger partial charge >= 0.3 is 18.0 Å². The van der Waals surface area contributed by atoms with Crippen molar-refractivity contribution in [3.8, 4) is 0 Å². The van der Waals surface area contributed by atoms with Gasteiger partial charge in [-0.3, -0.25) is 4.90 Å². The molecule has 3 N–H and O–H groups in total. The van der Waals surface area contributed by atoms with Gasteiger partial charge in [0.15, 0.2) is 0 Å². The zero-order valence-corrected chi connectivity index (χ0v) is 20.6. The first-order valence-electron chi connectivity index (χ1n) is 11.1. The maximum absolute atomic E-state index is 12.8. The number of benzene rings is 2. The summed E-state index contributed by atoms with van der Waals surface area (Å²) < 4.78 is 5.02. The highest BCUT2D eigenvalue weighted by molar-refractivity contribution is 7.98. The monoisotopic (exact) mass is 482 g/mol. The van der Waals surface area contributed by atoms with E-state index in [1.54, 1.807) is 47.9 Å². The molecular formula is C25H30N4O4S. The summed E-state index contributed by atoms with van der Waals surface area (Å²) in [6.45, 7) is 4.31. The smallest absolute Gasteiger partial charge is 0.337 e. The molecule has 9 heteroatoms. The van der Waals surface area contributed by atoms with Crippen LogP contribution in [0.15, 0.2) is 64.7 Å². The Hall–Kier alpha value is -3.46. The summed E-state index contributed by atoms with van der Waals surface area (Å²) in [7, 11) is 1.32. The summed E-state index contributed by atoms with van der Waals surface area (Å²) >= 11 is 1.62. The first-order valence-corrected chi connectivity index (χ1v) is 12.3. The van der Waals surface area contributed by atoms with Gasteiger partial charge < -0.3 is 20.7 Å². The fourth-order valence-electron chi connectivity index (χ4n) is 3.75. The summed E-state index contributed by atoms with van der Waals surface area (Å²) in [5, 5.41) is 8.52. The Labute approximate surface area is 204 Å². The van der Waals surface area contributed by atoms with Crippen LogP contribution in [0, 0.1) is 0 Å². The fraction of sp³-hybridized carbons (Fsp3) is 0.320.